The van der Waals surface area contributed by atoms with Crippen LogP contribution in [-0.2, 0) is 19.5 Å². The van der Waals surface area contributed by atoms with Crippen LogP contribution in [0.5, 0.6) is 0 Å². The maximum atomic E-state index is 12.1. The highest BCUT2D eigenvalue weighted by Gasteiger charge is 2.35. The molecule has 2 saturated heterocycles. The second-order valence-corrected chi connectivity index (χ2v) is 16.0. The lowest BCUT2D eigenvalue weighted by Crippen LogP contribution is -2.52. The van der Waals surface area contributed by atoms with Crippen LogP contribution < -0.4 is 10.6 Å². The number of likely N-dealkylation sites (tertiary alicyclic amines) is 2. The summed E-state index contributed by atoms with van der Waals surface area (Å²) in [7, 11) is 0. The number of aromatic amines is 1. The lowest BCUT2D eigenvalue weighted by molar-refractivity contribution is 0.0937. The molecular weight excluding hydrogens is 740 g/mol. The van der Waals surface area contributed by atoms with Crippen molar-refractivity contribution in [2.24, 2.45) is 0 Å². The number of piperidine rings is 2. The summed E-state index contributed by atoms with van der Waals surface area (Å²) in [6.45, 7) is 5.35. The van der Waals surface area contributed by atoms with E-state index < -0.39 is 12.2 Å². The molecule has 12 heteroatoms. The molecule has 2 atom stereocenters. The Balaban J connectivity index is 0.000000208. The highest BCUT2D eigenvalue weighted by atomic mass is 35.5. The van der Waals surface area contributed by atoms with Crippen molar-refractivity contribution < 1.29 is 19.8 Å². The van der Waals surface area contributed by atoms with E-state index in [1.54, 1.807) is 21.6 Å². The summed E-state index contributed by atoms with van der Waals surface area (Å²) >= 11 is 5.92. The normalized spacial score (nSPS) is 18.6. The minimum atomic E-state index is -0.901. The van der Waals surface area contributed by atoms with Crippen molar-refractivity contribution in [2.75, 3.05) is 37.6 Å². The van der Waals surface area contributed by atoms with Gasteiger partial charge in [0.25, 0.3) is 0 Å². The van der Waals surface area contributed by atoms with E-state index in [2.05, 4.69) is 99.7 Å². The zero-order valence-electron chi connectivity index (χ0n) is 32.4. The lowest BCUT2D eigenvalue weighted by atomic mass is 9.90. The number of halogens is 1. The van der Waals surface area contributed by atoms with Gasteiger partial charge in [-0.3, -0.25) is 9.47 Å². The highest BCUT2D eigenvalue weighted by molar-refractivity contribution is 6.31. The van der Waals surface area contributed by atoms with E-state index in [4.69, 9.17) is 16.7 Å². The van der Waals surface area contributed by atoms with Crippen LogP contribution in [0.2, 0.25) is 5.02 Å². The number of hydrogen-bond acceptors (Lipinski definition) is 5. The van der Waals surface area contributed by atoms with Crippen molar-refractivity contribution in [3.8, 4) is 0 Å². The third kappa shape index (κ3) is 10.0. The number of nitrogens with one attached hydrogen (secondary N) is 1. The number of rotatable bonds is 10. The van der Waals surface area contributed by atoms with Crippen molar-refractivity contribution in [1.29, 1.82) is 0 Å². The molecule has 0 bridgehead atoms. The van der Waals surface area contributed by atoms with Crippen LogP contribution in [0.15, 0.2) is 108 Å². The van der Waals surface area contributed by atoms with Crippen LogP contribution in [0.25, 0.3) is 11.0 Å². The number of fused-ring (bicyclic) bond motifs is 2. The molecule has 1 unspecified atom stereocenters. The number of H-pyrrole nitrogens is 1. The Labute approximate surface area is 339 Å². The molecule has 0 aliphatic carbocycles. The van der Waals surface area contributed by atoms with Crippen molar-refractivity contribution in [3.63, 3.8) is 0 Å². The second kappa shape index (κ2) is 18.8. The van der Waals surface area contributed by atoms with Gasteiger partial charge in [0.2, 0.25) is 0 Å². The molecule has 0 radical (unpaired) electrons. The molecule has 0 saturated carbocycles. The first kappa shape index (κ1) is 40.0. The Morgan fingerprint density at radius 3 is 2.09 bits per heavy atom. The predicted molar refractivity (Wildman–Crippen MR) is 225 cm³/mol. The number of amides is 2. The molecule has 3 aliphatic heterocycles. The van der Waals surface area contributed by atoms with Crippen molar-refractivity contribution in [3.05, 3.63) is 135 Å². The van der Waals surface area contributed by atoms with E-state index in [1.807, 2.05) is 6.07 Å². The molecule has 2 amide bonds. The van der Waals surface area contributed by atoms with E-state index >= 15 is 0 Å². The number of nitrogens with zero attached hydrogens (tertiary/aromatic N) is 5. The van der Waals surface area contributed by atoms with Gasteiger partial charge >= 0.3 is 17.9 Å². The number of aromatic nitrogens is 2. The third-order valence-electron chi connectivity index (χ3n) is 11.8. The molecule has 0 spiro atoms. The number of imidazole rings is 1. The lowest BCUT2D eigenvalue weighted by Gasteiger charge is -2.45. The van der Waals surface area contributed by atoms with Crippen LogP contribution >= 0.6 is 11.6 Å². The minimum Gasteiger partial charge on any atom is -0.465 e. The number of carbonyl (C=O) groups is 2. The SMILES string of the molecule is O=C(O)N1CCC(N2CCCc3ccccc32)C[C@@H]1CCCN(Cc1ccccc1)Cc1ccccc1.O=C(O)N1CCC(n2c(=O)[nH]c3cc(Cl)ccc32)CC1. The fraction of sp³-hybridized carbons (Fsp3) is 0.400. The van der Waals surface area contributed by atoms with Crippen molar-refractivity contribution in [1.82, 2.24) is 24.3 Å². The molecule has 8 rings (SSSR count). The minimum absolute atomic E-state index is 0.0213. The van der Waals surface area contributed by atoms with Gasteiger partial charge in [-0.2, -0.15) is 0 Å². The smallest absolute Gasteiger partial charge is 0.407 e. The van der Waals surface area contributed by atoms with Gasteiger partial charge in [-0.1, -0.05) is 90.5 Å². The summed E-state index contributed by atoms with van der Waals surface area (Å²) < 4.78 is 1.71. The Morgan fingerprint density at radius 1 is 0.772 bits per heavy atom. The number of anilines is 1. The van der Waals surface area contributed by atoms with Gasteiger partial charge in [0.05, 0.1) is 11.0 Å². The van der Waals surface area contributed by atoms with Gasteiger partial charge in [-0.05, 0) is 98.9 Å². The first-order valence-electron chi connectivity index (χ1n) is 20.3. The second-order valence-electron chi connectivity index (χ2n) is 15.5. The molecule has 2 fully saturated rings. The maximum absolute atomic E-state index is 12.1. The van der Waals surface area contributed by atoms with Crippen LogP contribution in [0.1, 0.15) is 67.7 Å². The third-order valence-corrected chi connectivity index (χ3v) is 12.0. The van der Waals surface area contributed by atoms with Crippen LogP contribution in [0.3, 0.4) is 0 Å². The zero-order valence-corrected chi connectivity index (χ0v) is 33.1. The van der Waals surface area contributed by atoms with Gasteiger partial charge in [-0.15, -0.1) is 0 Å². The Hall–Kier alpha value is -5.26. The zero-order chi connectivity index (χ0) is 39.7. The van der Waals surface area contributed by atoms with Gasteiger partial charge in [0.1, 0.15) is 0 Å². The molecule has 4 aromatic carbocycles. The Kier molecular flexibility index (Phi) is 13.2. The maximum Gasteiger partial charge on any atom is 0.407 e. The van der Waals surface area contributed by atoms with Gasteiger partial charge < -0.3 is 29.9 Å². The first-order chi connectivity index (χ1) is 27.7. The van der Waals surface area contributed by atoms with Gasteiger partial charge in [0.15, 0.2) is 0 Å². The molecule has 1 aromatic heterocycles. The largest absolute Gasteiger partial charge is 0.465 e. The average molecular weight is 793 g/mol. The Morgan fingerprint density at radius 2 is 1.42 bits per heavy atom. The predicted octanol–water partition coefficient (Wildman–Crippen LogP) is 8.73. The standard InChI is InChI=1S/C32H39N3O2.C13H14ClN3O3/c36-32(37)35-22-19-30(34-21-9-16-28-15-7-8-18-31(28)34)23-29(35)17-10-20-33(24-26-11-3-1-4-12-26)25-27-13-5-2-6-14-27;14-8-1-2-11-10(7-8)15-12(18)17(11)9-3-5-16(6-4-9)13(19)20/h1-8,11-15,18,29-30H,9-10,16-17,19-25H2,(H,36,37);1-2,7,9H,3-6H2,(H,15,18)(H,19,20)/t29-,30?;/m0./s1. The van der Waals surface area contributed by atoms with E-state index in [0.29, 0.717) is 49.1 Å². The van der Waals surface area contributed by atoms with E-state index in [0.717, 1.165) is 63.8 Å². The average Bonchev–Trinajstić information content (AvgIpc) is 3.56. The summed E-state index contributed by atoms with van der Waals surface area (Å²) in [4.78, 5) is 46.1. The van der Waals surface area contributed by atoms with Crippen molar-refractivity contribution >= 4 is 40.5 Å². The summed E-state index contributed by atoms with van der Waals surface area (Å²) in [5.41, 5.74) is 6.77. The molecule has 5 aromatic rings. The van der Waals surface area contributed by atoms with Crippen molar-refractivity contribution in [2.45, 2.75) is 82.6 Å². The molecule has 3 N–H and O–H groups in total. The molecule has 300 valence electrons. The topological polar surface area (TPSA) is 125 Å². The van der Waals surface area contributed by atoms with Crippen LogP contribution in [0.4, 0.5) is 15.3 Å². The van der Waals surface area contributed by atoms with Crippen LogP contribution in [-0.4, -0.2) is 91.5 Å². The van der Waals surface area contributed by atoms with Gasteiger partial charge in [0, 0.05) is 68.1 Å². The number of carboxylic acid groups (broad SMARTS) is 2. The number of aryl methyl sites for hydroxylation is 1. The summed E-state index contributed by atoms with van der Waals surface area (Å²) in [6, 6.07) is 35.8. The fourth-order valence-corrected chi connectivity index (χ4v) is 9.18. The number of hydrogen-bond donors (Lipinski definition) is 3. The summed E-state index contributed by atoms with van der Waals surface area (Å²) in [5, 5.41) is 19.5. The highest BCUT2D eigenvalue weighted by Crippen LogP contribution is 2.34. The molecule has 57 heavy (non-hydrogen) atoms. The quantitative estimate of drug-likeness (QED) is 0.129. The van der Waals surface area contributed by atoms with E-state index in [1.165, 1.54) is 33.7 Å². The number of benzene rings is 4. The van der Waals surface area contributed by atoms with Gasteiger partial charge in [-0.25, -0.2) is 14.4 Å². The Bertz CT molecular complexity index is 2110. The van der Waals surface area contributed by atoms with E-state index in [-0.39, 0.29) is 17.8 Å². The van der Waals surface area contributed by atoms with E-state index in [9.17, 15) is 19.5 Å². The molecular formula is C45H53ClN6O5. The summed E-state index contributed by atoms with van der Waals surface area (Å²) in [6.07, 6.45) is 5.63. The number of para-hydroxylation sites is 1. The molecule has 3 aliphatic rings. The first-order valence-corrected chi connectivity index (χ1v) is 20.6. The monoisotopic (exact) mass is 792 g/mol. The summed E-state index contributed by atoms with van der Waals surface area (Å²) in [5.74, 6) is 0. The van der Waals surface area contributed by atoms with Crippen LogP contribution in [0, 0.1) is 0 Å². The fourth-order valence-electron chi connectivity index (χ4n) is 9.01. The molecule has 11 nitrogen and oxygen atoms in total. The molecule has 4 heterocycles.